The number of nitrogens with two attached hydrogens (primary N) is 1. The van der Waals surface area contributed by atoms with E-state index >= 15 is 0 Å². The molecule has 4 N–H and O–H groups in total. The van der Waals surface area contributed by atoms with E-state index in [1.54, 1.807) is 0 Å². The van der Waals surface area contributed by atoms with Gasteiger partial charge in [-0.15, -0.1) is 0 Å². The van der Waals surface area contributed by atoms with Crippen LogP contribution in [0.2, 0.25) is 0 Å². The van der Waals surface area contributed by atoms with Crippen LogP contribution >= 0.6 is 0 Å². The highest BCUT2D eigenvalue weighted by Gasteiger charge is 2.38. The average molecular weight is 454 g/mol. The number of hydrogen-bond acceptors (Lipinski definition) is 6. The van der Waals surface area contributed by atoms with Crippen LogP contribution in [0.25, 0.3) is 0 Å². The van der Waals surface area contributed by atoms with E-state index in [0.717, 1.165) is 43.9 Å². The summed E-state index contributed by atoms with van der Waals surface area (Å²) in [5.41, 5.74) is 11.6. The Morgan fingerprint density at radius 3 is 2.70 bits per heavy atom. The number of nitrogens with zero attached hydrogens (tertiary/aromatic N) is 2. The van der Waals surface area contributed by atoms with Gasteiger partial charge in [0.1, 0.15) is 11.5 Å². The summed E-state index contributed by atoms with van der Waals surface area (Å²) >= 11 is 0. The summed E-state index contributed by atoms with van der Waals surface area (Å²) in [6.07, 6.45) is 3.74. The number of morpholine rings is 1. The van der Waals surface area contributed by atoms with Gasteiger partial charge in [-0.1, -0.05) is 25.1 Å². The molecular weight excluding hydrogens is 414 g/mol. The molecule has 0 aromatic heterocycles. The summed E-state index contributed by atoms with van der Waals surface area (Å²) in [4.78, 5) is 20.2. The predicted molar refractivity (Wildman–Crippen MR) is 134 cm³/mol. The van der Waals surface area contributed by atoms with E-state index in [2.05, 4.69) is 59.5 Å². The lowest BCUT2D eigenvalue weighted by atomic mass is 10.1. The molecule has 1 unspecified atom stereocenters. The lowest BCUT2D eigenvalue weighted by Gasteiger charge is -2.25. The Balaban J connectivity index is 1.65. The summed E-state index contributed by atoms with van der Waals surface area (Å²) in [5, 5.41) is 6.47. The van der Waals surface area contributed by atoms with E-state index in [1.165, 1.54) is 22.9 Å². The Labute approximate surface area is 198 Å². The zero-order chi connectivity index (χ0) is 24.0. The second kappa shape index (κ2) is 11.5. The predicted octanol–water partition coefficient (Wildman–Crippen LogP) is 2.93. The maximum absolute atomic E-state index is 13.2. The molecule has 1 aromatic rings. The van der Waals surface area contributed by atoms with Crippen molar-refractivity contribution in [2.75, 3.05) is 26.2 Å². The Hall–Kier alpha value is -2.64. The number of carbonyl (C=O) groups is 1. The van der Waals surface area contributed by atoms with Crippen molar-refractivity contribution in [1.29, 1.82) is 0 Å². The molecule has 2 bridgehead atoms. The van der Waals surface area contributed by atoms with Gasteiger partial charge in [0.15, 0.2) is 0 Å². The van der Waals surface area contributed by atoms with E-state index in [0.29, 0.717) is 36.5 Å². The van der Waals surface area contributed by atoms with E-state index in [9.17, 15) is 4.79 Å². The minimum atomic E-state index is -0.240. The zero-order valence-electron chi connectivity index (χ0n) is 20.7. The largest absolute Gasteiger partial charge is 0.404 e. The first-order chi connectivity index (χ1) is 15.8. The Kier molecular flexibility index (Phi) is 8.69. The van der Waals surface area contributed by atoms with Crippen LogP contribution < -0.4 is 16.4 Å². The Bertz CT molecular complexity index is 950. The molecule has 7 nitrogen and oxygen atoms in total. The molecule has 0 saturated carbocycles. The third-order valence-electron chi connectivity index (χ3n) is 6.75. The fraction of sp³-hybridized carbons (Fsp3) is 0.538. The smallest absolute Gasteiger partial charge is 0.275 e. The Morgan fingerprint density at radius 2 is 2.09 bits per heavy atom. The van der Waals surface area contributed by atoms with Crippen LogP contribution in [0, 0.1) is 13.8 Å². The topological polar surface area (TPSA) is 92.0 Å². The zero-order valence-corrected chi connectivity index (χ0v) is 20.7. The standard InChI is InChI=1S/C26H39N5O2/c1-6-17(2)25(29-14-21-8-7-18(3)19(4)11-21)30-26(32)24(20(5)13-27)28-9-10-31-15-23-12-22(31)16-33-23/h7-8,11,13,22-23,29H,6,9-10,12,14-16,27H2,1-5H3,(H,30,32)/b20-13-,25-17?,28-24?/t22?,23-/m0/s1. The number of likely N-dealkylation sites (tertiary alicyclic amines) is 1. The van der Waals surface area contributed by atoms with Crippen molar-refractivity contribution in [3.63, 3.8) is 0 Å². The van der Waals surface area contributed by atoms with Gasteiger partial charge in [-0.05, 0) is 74.6 Å². The molecule has 2 atom stereocenters. The van der Waals surface area contributed by atoms with Gasteiger partial charge in [0.05, 0.1) is 19.3 Å². The average Bonchev–Trinajstić information content (AvgIpc) is 3.44. The number of benzene rings is 1. The third kappa shape index (κ3) is 6.45. The van der Waals surface area contributed by atoms with Crippen molar-refractivity contribution in [1.82, 2.24) is 15.5 Å². The number of amides is 1. The highest BCUT2D eigenvalue weighted by molar-refractivity contribution is 6.45. The van der Waals surface area contributed by atoms with Crippen molar-refractivity contribution < 1.29 is 9.53 Å². The van der Waals surface area contributed by atoms with Gasteiger partial charge < -0.3 is 21.1 Å². The summed E-state index contributed by atoms with van der Waals surface area (Å²) in [6, 6.07) is 6.90. The van der Waals surface area contributed by atoms with Gasteiger partial charge in [0.2, 0.25) is 0 Å². The van der Waals surface area contributed by atoms with Gasteiger partial charge in [0, 0.05) is 25.7 Å². The van der Waals surface area contributed by atoms with Gasteiger partial charge in [-0.2, -0.15) is 0 Å². The van der Waals surface area contributed by atoms with Gasteiger partial charge in [0.25, 0.3) is 5.91 Å². The molecule has 0 radical (unpaired) electrons. The van der Waals surface area contributed by atoms with Crippen molar-refractivity contribution in [3.05, 3.63) is 58.1 Å². The molecule has 1 amide bonds. The minimum Gasteiger partial charge on any atom is -0.404 e. The van der Waals surface area contributed by atoms with Crippen LogP contribution in [-0.4, -0.2) is 54.9 Å². The van der Waals surface area contributed by atoms with E-state index in [1.807, 2.05) is 13.8 Å². The number of nitrogens with one attached hydrogen (secondary N) is 2. The number of ether oxygens (including phenoxy) is 1. The number of hydrogen-bond donors (Lipinski definition) is 3. The summed E-state index contributed by atoms with van der Waals surface area (Å²) in [7, 11) is 0. The SMILES string of the molecule is CCC(C)=C(NCc1ccc(C)c(C)c1)NC(=O)C(=NCCN1C[C@@H]2CC1CO2)/C(C)=C\N. The maximum Gasteiger partial charge on any atom is 0.275 e. The lowest BCUT2D eigenvalue weighted by Crippen LogP contribution is -2.39. The van der Waals surface area contributed by atoms with Crippen molar-refractivity contribution in [2.24, 2.45) is 10.7 Å². The molecule has 2 fully saturated rings. The fourth-order valence-electron chi connectivity index (χ4n) is 4.25. The van der Waals surface area contributed by atoms with E-state index in [-0.39, 0.29) is 5.91 Å². The maximum atomic E-state index is 13.2. The number of allylic oxidation sites excluding steroid dienone is 1. The van der Waals surface area contributed by atoms with Gasteiger partial charge in [-0.3, -0.25) is 14.7 Å². The molecule has 7 heteroatoms. The highest BCUT2D eigenvalue weighted by atomic mass is 16.5. The third-order valence-corrected chi connectivity index (χ3v) is 6.75. The molecular formula is C26H39N5O2. The molecule has 2 aliphatic heterocycles. The molecule has 0 aliphatic carbocycles. The highest BCUT2D eigenvalue weighted by Crippen LogP contribution is 2.27. The van der Waals surface area contributed by atoms with Gasteiger partial charge in [-0.25, -0.2) is 0 Å². The Morgan fingerprint density at radius 1 is 1.30 bits per heavy atom. The van der Waals surface area contributed by atoms with Crippen LogP contribution in [0.3, 0.4) is 0 Å². The molecule has 1 aromatic carbocycles. The normalized spacial score (nSPS) is 21.8. The fourth-order valence-corrected chi connectivity index (χ4v) is 4.25. The van der Waals surface area contributed by atoms with Crippen molar-refractivity contribution in [3.8, 4) is 0 Å². The molecule has 2 saturated heterocycles. The van der Waals surface area contributed by atoms with E-state index in [4.69, 9.17) is 10.5 Å². The van der Waals surface area contributed by atoms with Crippen LogP contribution in [0.5, 0.6) is 0 Å². The number of aliphatic imine (C=N–C) groups is 1. The van der Waals surface area contributed by atoms with Crippen molar-refractivity contribution >= 4 is 11.6 Å². The van der Waals surface area contributed by atoms with Crippen LogP contribution in [0.15, 0.2) is 46.4 Å². The summed E-state index contributed by atoms with van der Waals surface area (Å²) in [5.74, 6) is 0.489. The second-order valence-electron chi connectivity index (χ2n) is 9.15. The minimum absolute atomic E-state index is 0.240. The van der Waals surface area contributed by atoms with Crippen molar-refractivity contribution in [2.45, 2.75) is 66.2 Å². The quantitative estimate of drug-likeness (QED) is 0.474. The molecule has 2 aliphatic rings. The molecule has 3 rings (SSSR count). The number of aryl methyl sites for hydroxylation is 2. The van der Waals surface area contributed by atoms with Crippen LogP contribution in [0.4, 0.5) is 0 Å². The lowest BCUT2D eigenvalue weighted by molar-refractivity contribution is -0.114. The molecule has 2 heterocycles. The van der Waals surface area contributed by atoms with Crippen LogP contribution in [0.1, 0.15) is 50.3 Å². The number of fused-ring (bicyclic) bond motifs is 2. The summed E-state index contributed by atoms with van der Waals surface area (Å²) in [6.45, 7) is 13.9. The first kappa shape index (κ1) is 25.0. The van der Waals surface area contributed by atoms with E-state index < -0.39 is 0 Å². The second-order valence-corrected chi connectivity index (χ2v) is 9.15. The van der Waals surface area contributed by atoms with Gasteiger partial charge >= 0.3 is 0 Å². The summed E-state index contributed by atoms with van der Waals surface area (Å²) < 4.78 is 5.67. The molecule has 180 valence electrons. The number of rotatable bonds is 10. The first-order valence-electron chi connectivity index (χ1n) is 11.9. The first-order valence-corrected chi connectivity index (χ1v) is 11.9. The van der Waals surface area contributed by atoms with Crippen LogP contribution in [-0.2, 0) is 16.1 Å². The molecule has 33 heavy (non-hydrogen) atoms. The number of carbonyl (C=O) groups excluding carboxylic acids is 1. The monoisotopic (exact) mass is 453 g/mol. The molecule has 0 spiro atoms.